The molecule has 1 aromatic carbocycles. The molecule has 1 heterocycles. The molecule has 0 fully saturated rings. The zero-order valence-electron chi connectivity index (χ0n) is 8.58. The van der Waals surface area contributed by atoms with Crippen LogP contribution in [0.1, 0.15) is 5.56 Å². The molecule has 1 aromatic heterocycles. The third-order valence-corrected chi connectivity index (χ3v) is 2.63. The first-order valence-corrected chi connectivity index (χ1v) is 5.50. The zero-order chi connectivity index (χ0) is 12.3. The average Bonchev–Trinajstić information content (AvgIpc) is 2.75. The molecule has 1 amide bonds. The van der Waals surface area contributed by atoms with Gasteiger partial charge in [0.15, 0.2) is 0 Å². The first-order chi connectivity index (χ1) is 8.15. The summed E-state index contributed by atoms with van der Waals surface area (Å²) in [7, 11) is 0. The predicted octanol–water partition coefficient (Wildman–Crippen LogP) is 2.29. The third kappa shape index (κ3) is 3.18. The number of halogens is 2. The van der Waals surface area contributed by atoms with Crippen LogP contribution in [0.2, 0.25) is 10.0 Å². The lowest BCUT2D eigenvalue weighted by atomic mass is 10.1. The average molecular weight is 271 g/mol. The molecule has 2 rings (SSSR count). The molecular weight excluding hydrogens is 263 g/mol. The van der Waals surface area contributed by atoms with Crippen LogP contribution >= 0.6 is 23.2 Å². The van der Waals surface area contributed by atoms with Gasteiger partial charge in [-0.2, -0.15) is 10.1 Å². The molecule has 2 N–H and O–H groups in total. The molecule has 0 saturated heterocycles. The molecule has 0 saturated carbocycles. The lowest BCUT2D eigenvalue weighted by molar-refractivity contribution is -0.115. The van der Waals surface area contributed by atoms with Gasteiger partial charge in [0.2, 0.25) is 11.9 Å². The molecule has 5 nitrogen and oxygen atoms in total. The van der Waals surface area contributed by atoms with E-state index in [-0.39, 0.29) is 12.3 Å². The Morgan fingerprint density at radius 1 is 1.41 bits per heavy atom. The summed E-state index contributed by atoms with van der Waals surface area (Å²) in [5.41, 5.74) is 0.702. The lowest BCUT2D eigenvalue weighted by Crippen LogP contribution is -2.15. The largest absolute Gasteiger partial charge is 0.295 e. The van der Waals surface area contributed by atoms with Crippen LogP contribution in [-0.4, -0.2) is 21.1 Å². The van der Waals surface area contributed by atoms with Crippen molar-refractivity contribution in [2.24, 2.45) is 0 Å². The maximum Gasteiger partial charge on any atom is 0.231 e. The SMILES string of the molecule is O=C(Cc1ccc(Cl)cc1Cl)Nc1ncn[nH]1. The predicted molar refractivity (Wildman–Crippen MR) is 65.2 cm³/mol. The Kier molecular flexibility index (Phi) is 3.61. The van der Waals surface area contributed by atoms with Crippen LogP contribution < -0.4 is 5.32 Å². The van der Waals surface area contributed by atoms with Gasteiger partial charge in [0.05, 0.1) is 6.42 Å². The highest BCUT2D eigenvalue weighted by Gasteiger charge is 2.08. The van der Waals surface area contributed by atoms with Crippen LogP contribution in [0.25, 0.3) is 0 Å². The van der Waals surface area contributed by atoms with Crippen molar-refractivity contribution in [3.05, 3.63) is 40.1 Å². The van der Waals surface area contributed by atoms with Crippen molar-refractivity contribution in [1.82, 2.24) is 15.2 Å². The number of benzene rings is 1. The van der Waals surface area contributed by atoms with Crippen LogP contribution in [0.5, 0.6) is 0 Å². The Bertz CT molecular complexity index is 527. The van der Waals surface area contributed by atoms with Crippen LogP contribution in [0, 0.1) is 0 Å². The van der Waals surface area contributed by atoms with E-state index >= 15 is 0 Å². The van der Waals surface area contributed by atoms with Crippen molar-refractivity contribution in [2.75, 3.05) is 5.32 Å². The van der Waals surface area contributed by atoms with Crippen LogP contribution in [0.3, 0.4) is 0 Å². The highest BCUT2D eigenvalue weighted by molar-refractivity contribution is 6.35. The number of nitrogens with one attached hydrogen (secondary N) is 2. The van der Waals surface area contributed by atoms with Gasteiger partial charge in [-0.05, 0) is 17.7 Å². The normalized spacial score (nSPS) is 10.2. The molecule has 7 heteroatoms. The summed E-state index contributed by atoms with van der Waals surface area (Å²) >= 11 is 11.7. The summed E-state index contributed by atoms with van der Waals surface area (Å²) in [6.07, 6.45) is 1.46. The second-order valence-electron chi connectivity index (χ2n) is 3.29. The highest BCUT2D eigenvalue weighted by Crippen LogP contribution is 2.21. The van der Waals surface area contributed by atoms with E-state index in [0.717, 1.165) is 0 Å². The monoisotopic (exact) mass is 270 g/mol. The van der Waals surface area contributed by atoms with Crippen LogP contribution in [0.4, 0.5) is 5.95 Å². The fraction of sp³-hybridized carbons (Fsp3) is 0.100. The number of carbonyl (C=O) groups is 1. The number of anilines is 1. The van der Waals surface area contributed by atoms with Gasteiger partial charge in [-0.15, -0.1) is 0 Å². The highest BCUT2D eigenvalue weighted by atomic mass is 35.5. The summed E-state index contributed by atoms with van der Waals surface area (Å²) in [4.78, 5) is 15.4. The molecule has 0 aliphatic carbocycles. The number of hydrogen-bond donors (Lipinski definition) is 2. The second kappa shape index (κ2) is 5.16. The van der Waals surface area contributed by atoms with Gasteiger partial charge < -0.3 is 0 Å². The molecule has 0 spiro atoms. The quantitative estimate of drug-likeness (QED) is 0.899. The molecule has 2 aromatic rings. The van der Waals surface area contributed by atoms with Crippen molar-refractivity contribution >= 4 is 35.1 Å². The third-order valence-electron chi connectivity index (χ3n) is 2.04. The number of aromatic amines is 1. The van der Waals surface area contributed by atoms with E-state index < -0.39 is 0 Å². The molecule has 17 heavy (non-hydrogen) atoms. The maximum absolute atomic E-state index is 11.6. The number of H-pyrrole nitrogens is 1. The lowest BCUT2D eigenvalue weighted by Gasteiger charge is -2.04. The topological polar surface area (TPSA) is 70.7 Å². The number of nitrogens with zero attached hydrogens (tertiary/aromatic N) is 2. The van der Waals surface area contributed by atoms with E-state index in [1.54, 1.807) is 18.2 Å². The summed E-state index contributed by atoms with van der Waals surface area (Å²) < 4.78 is 0. The van der Waals surface area contributed by atoms with Gasteiger partial charge in [-0.1, -0.05) is 29.3 Å². The maximum atomic E-state index is 11.6. The van der Waals surface area contributed by atoms with E-state index in [9.17, 15) is 4.79 Å². The fourth-order valence-corrected chi connectivity index (χ4v) is 1.76. The van der Waals surface area contributed by atoms with Gasteiger partial charge >= 0.3 is 0 Å². The number of rotatable bonds is 3. The van der Waals surface area contributed by atoms with Gasteiger partial charge in [-0.3, -0.25) is 10.1 Å². The van der Waals surface area contributed by atoms with E-state index in [2.05, 4.69) is 20.5 Å². The van der Waals surface area contributed by atoms with Crippen molar-refractivity contribution in [2.45, 2.75) is 6.42 Å². The molecule has 0 radical (unpaired) electrons. The molecule has 0 atom stereocenters. The molecule has 88 valence electrons. The van der Waals surface area contributed by atoms with E-state index in [4.69, 9.17) is 23.2 Å². The zero-order valence-corrected chi connectivity index (χ0v) is 10.1. The van der Waals surface area contributed by atoms with Crippen LogP contribution in [-0.2, 0) is 11.2 Å². The summed E-state index contributed by atoms with van der Waals surface area (Å²) in [6.45, 7) is 0. The minimum Gasteiger partial charge on any atom is -0.295 e. The second-order valence-corrected chi connectivity index (χ2v) is 4.14. The number of carbonyl (C=O) groups excluding carboxylic acids is 1. The Morgan fingerprint density at radius 3 is 2.88 bits per heavy atom. The smallest absolute Gasteiger partial charge is 0.231 e. The molecular formula is C10H8Cl2N4O. The van der Waals surface area contributed by atoms with E-state index in [1.807, 2.05) is 0 Å². The molecule has 0 unspecified atom stereocenters. The Balaban J connectivity index is 2.03. The van der Waals surface area contributed by atoms with Gasteiger partial charge in [0, 0.05) is 10.0 Å². The Morgan fingerprint density at radius 2 is 2.24 bits per heavy atom. The molecule has 0 aliphatic heterocycles. The first kappa shape index (κ1) is 11.9. The van der Waals surface area contributed by atoms with Crippen molar-refractivity contribution in [3.63, 3.8) is 0 Å². The summed E-state index contributed by atoms with van der Waals surface area (Å²) in [6, 6.07) is 5.00. The minimum absolute atomic E-state index is 0.150. The number of hydrogen-bond acceptors (Lipinski definition) is 3. The van der Waals surface area contributed by atoms with Crippen molar-refractivity contribution in [3.8, 4) is 0 Å². The first-order valence-electron chi connectivity index (χ1n) is 4.74. The molecule has 0 aliphatic rings. The summed E-state index contributed by atoms with van der Waals surface area (Å²) in [5, 5.41) is 9.70. The van der Waals surface area contributed by atoms with Crippen molar-refractivity contribution < 1.29 is 4.79 Å². The Hall–Kier alpha value is -1.59. The number of amides is 1. The van der Waals surface area contributed by atoms with Crippen molar-refractivity contribution in [1.29, 1.82) is 0 Å². The Labute approximate surface area is 107 Å². The van der Waals surface area contributed by atoms with Gasteiger partial charge in [0.25, 0.3) is 0 Å². The van der Waals surface area contributed by atoms with Crippen LogP contribution in [0.15, 0.2) is 24.5 Å². The summed E-state index contributed by atoms with van der Waals surface area (Å²) in [5.74, 6) is 0.0751. The minimum atomic E-state index is -0.231. The molecule has 0 bridgehead atoms. The standard InChI is InChI=1S/C10H8Cl2N4O/c11-7-2-1-6(8(12)4-7)3-9(17)15-10-13-5-14-16-10/h1-2,4-5H,3H2,(H2,13,14,15,16,17). The number of aromatic nitrogens is 3. The van der Waals surface area contributed by atoms with E-state index in [0.29, 0.717) is 21.6 Å². The van der Waals surface area contributed by atoms with Gasteiger partial charge in [0.1, 0.15) is 6.33 Å². The van der Waals surface area contributed by atoms with E-state index in [1.165, 1.54) is 6.33 Å². The van der Waals surface area contributed by atoms with Gasteiger partial charge in [-0.25, -0.2) is 5.10 Å². The fourth-order valence-electron chi connectivity index (χ4n) is 1.28.